The molecular weight excluding hydrogens is 269 g/mol. The van der Waals surface area contributed by atoms with Gasteiger partial charge in [0.15, 0.2) is 0 Å². The van der Waals surface area contributed by atoms with E-state index >= 15 is 0 Å². The van der Waals surface area contributed by atoms with Crippen molar-refractivity contribution in [2.24, 2.45) is 0 Å². The fourth-order valence-corrected chi connectivity index (χ4v) is 2.88. The molecule has 0 aromatic carbocycles. The Kier molecular flexibility index (Phi) is 3.56. The lowest BCUT2D eigenvalue weighted by Crippen LogP contribution is -2.51. The molecule has 0 atom stereocenters. The maximum Gasteiger partial charge on any atom is 0.223 e. The summed E-state index contributed by atoms with van der Waals surface area (Å²) in [6, 6.07) is 0. The topological polar surface area (TPSA) is 46.1 Å². The zero-order valence-electron chi connectivity index (χ0n) is 8.48. The normalized spacial score (nSPS) is 16.1. The maximum atomic E-state index is 11.0. The average Bonchev–Trinajstić information content (AvgIpc) is 2.15. The molecule has 0 aliphatic carbocycles. The van der Waals surface area contributed by atoms with Crippen molar-refractivity contribution in [3.05, 3.63) is 16.5 Å². The molecule has 2 rings (SSSR count). The minimum absolute atomic E-state index is 0.101. The van der Waals surface area contributed by atoms with Gasteiger partial charge in [-0.05, 0) is 11.6 Å². The Morgan fingerprint density at radius 3 is 2.88 bits per heavy atom. The number of carbonyl (C=O) groups is 1. The summed E-state index contributed by atoms with van der Waals surface area (Å²) in [4.78, 5) is 20.6. The van der Waals surface area contributed by atoms with Gasteiger partial charge in [0.2, 0.25) is 11.2 Å². The summed E-state index contributed by atoms with van der Waals surface area (Å²) in [5.41, 5.74) is 0. The Morgan fingerprint density at radius 2 is 2.25 bits per heavy atom. The number of nitrogens with zero attached hydrogens (tertiary/aromatic N) is 3. The minimum Gasteiger partial charge on any atom is -0.341 e. The van der Waals surface area contributed by atoms with Crippen LogP contribution in [-0.4, -0.2) is 39.1 Å². The summed E-state index contributed by atoms with van der Waals surface area (Å²) in [5.74, 6) is 0.101. The van der Waals surface area contributed by atoms with E-state index < -0.39 is 0 Å². The summed E-state index contributed by atoms with van der Waals surface area (Å²) < 4.78 is 0. The lowest BCUT2D eigenvalue weighted by atomic mass is 10.2. The molecule has 1 saturated heterocycles. The van der Waals surface area contributed by atoms with Gasteiger partial charge in [-0.25, -0.2) is 9.97 Å². The summed E-state index contributed by atoms with van der Waals surface area (Å²) in [5, 5.41) is 1.70. The van der Waals surface area contributed by atoms with Crippen LogP contribution in [0.2, 0.25) is 10.3 Å². The average molecular weight is 278 g/mol. The first-order valence-corrected chi connectivity index (χ1v) is 6.30. The molecular formula is C9H9Cl2N3OS. The molecule has 1 fully saturated rings. The first-order chi connectivity index (χ1) is 7.56. The molecule has 1 aromatic rings. The molecule has 4 nitrogen and oxygen atoms in total. The van der Waals surface area contributed by atoms with Crippen LogP contribution in [0.4, 0.5) is 0 Å². The molecule has 0 N–H and O–H groups in total. The molecule has 1 aromatic heterocycles. The minimum atomic E-state index is 0.101. The van der Waals surface area contributed by atoms with Crippen LogP contribution in [0.15, 0.2) is 11.2 Å². The molecule has 7 heteroatoms. The van der Waals surface area contributed by atoms with E-state index in [0.29, 0.717) is 15.3 Å². The smallest absolute Gasteiger partial charge is 0.223 e. The molecule has 0 unspecified atom stereocenters. The first kappa shape index (κ1) is 12.0. The van der Waals surface area contributed by atoms with Crippen molar-refractivity contribution in [1.82, 2.24) is 14.9 Å². The second-order valence-electron chi connectivity index (χ2n) is 3.46. The van der Waals surface area contributed by atoms with Crippen molar-refractivity contribution < 1.29 is 4.79 Å². The van der Waals surface area contributed by atoms with Gasteiger partial charge in [0.25, 0.3) is 0 Å². The van der Waals surface area contributed by atoms with Crippen LogP contribution >= 0.6 is 35.0 Å². The number of rotatable bonds is 2. The van der Waals surface area contributed by atoms with E-state index in [1.165, 1.54) is 18.0 Å². The van der Waals surface area contributed by atoms with Gasteiger partial charge in [-0.3, -0.25) is 4.79 Å². The number of halogens is 2. The van der Waals surface area contributed by atoms with Gasteiger partial charge in [-0.2, -0.15) is 0 Å². The Hall–Kier alpha value is -0.520. The van der Waals surface area contributed by atoms with Gasteiger partial charge in [0.1, 0.15) is 5.03 Å². The highest BCUT2D eigenvalue weighted by molar-refractivity contribution is 8.00. The Bertz CT molecular complexity index is 423. The van der Waals surface area contributed by atoms with Crippen LogP contribution in [-0.2, 0) is 4.79 Å². The molecule has 0 saturated carbocycles. The number of amides is 1. The Labute approximate surface area is 107 Å². The highest BCUT2D eigenvalue weighted by atomic mass is 35.5. The molecule has 16 heavy (non-hydrogen) atoms. The summed E-state index contributed by atoms with van der Waals surface area (Å²) >= 11 is 13.1. The van der Waals surface area contributed by atoms with Crippen molar-refractivity contribution in [1.29, 1.82) is 0 Å². The van der Waals surface area contributed by atoms with Crippen molar-refractivity contribution in [3.8, 4) is 0 Å². The lowest BCUT2D eigenvalue weighted by molar-refractivity contribution is -0.131. The van der Waals surface area contributed by atoms with Gasteiger partial charge in [-0.15, -0.1) is 0 Å². The van der Waals surface area contributed by atoms with Crippen LogP contribution in [0, 0.1) is 0 Å². The molecule has 86 valence electrons. The van der Waals surface area contributed by atoms with Gasteiger partial charge in [0, 0.05) is 25.3 Å². The number of thioether (sulfide) groups is 1. The van der Waals surface area contributed by atoms with Gasteiger partial charge >= 0.3 is 0 Å². The molecule has 0 bridgehead atoms. The van der Waals surface area contributed by atoms with Crippen molar-refractivity contribution in [2.45, 2.75) is 17.2 Å². The van der Waals surface area contributed by atoms with Crippen LogP contribution in [0.3, 0.4) is 0 Å². The molecule has 1 aliphatic rings. The highest BCUT2D eigenvalue weighted by Gasteiger charge is 2.30. The van der Waals surface area contributed by atoms with E-state index in [9.17, 15) is 4.79 Å². The quantitative estimate of drug-likeness (QED) is 0.614. The summed E-state index contributed by atoms with van der Waals surface area (Å²) in [6.07, 6.45) is 1.49. The Morgan fingerprint density at radius 1 is 1.56 bits per heavy atom. The number of hydrogen-bond donors (Lipinski definition) is 0. The predicted octanol–water partition coefficient (Wildman–Crippen LogP) is 2.11. The van der Waals surface area contributed by atoms with E-state index in [2.05, 4.69) is 9.97 Å². The Balaban J connectivity index is 1.96. The van der Waals surface area contributed by atoms with Crippen LogP contribution in [0.25, 0.3) is 0 Å². The molecule has 1 amide bonds. The van der Waals surface area contributed by atoms with E-state index in [-0.39, 0.29) is 11.2 Å². The standard InChI is InChI=1S/C9H9Cl2N3OS/c1-5(15)14-3-6(4-14)16-8-7(10)2-12-9(11)13-8/h2,6H,3-4H2,1H3. The lowest BCUT2D eigenvalue weighted by Gasteiger charge is -2.37. The molecule has 2 heterocycles. The second-order valence-corrected chi connectivity index (χ2v) is 5.49. The summed E-state index contributed by atoms with van der Waals surface area (Å²) in [7, 11) is 0. The van der Waals surface area contributed by atoms with Crippen molar-refractivity contribution in [3.63, 3.8) is 0 Å². The zero-order chi connectivity index (χ0) is 11.7. The number of aromatic nitrogens is 2. The van der Waals surface area contributed by atoms with Crippen molar-refractivity contribution >= 4 is 40.9 Å². The number of likely N-dealkylation sites (tertiary alicyclic amines) is 1. The van der Waals surface area contributed by atoms with Gasteiger partial charge in [-0.1, -0.05) is 23.4 Å². The van der Waals surface area contributed by atoms with E-state index in [0.717, 1.165) is 13.1 Å². The molecule has 0 radical (unpaired) electrons. The fourth-order valence-electron chi connectivity index (χ4n) is 1.34. The monoisotopic (exact) mass is 277 g/mol. The zero-order valence-corrected chi connectivity index (χ0v) is 10.8. The third-order valence-corrected chi connectivity index (χ3v) is 3.99. The van der Waals surface area contributed by atoms with E-state index in [1.807, 2.05) is 0 Å². The number of carbonyl (C=O) groups excluding carboxylic acids is 1. The molecule has 0 spiro atoms. The van der Waals surface area contributed by atoms with Crippen LogP contribution < -0.4 is 0 Å². The second kappa shape index (κ2) is 4.77. The third-order valence-electron chi connectivity index (χ3n) is 2.25. The largest absolute Gasteiger partial charge is 0.341 e. The third kappa shape index (κ3) is 2.59. The van der Waals surface area contributed by atoms with E-state index in [1.54, 1.807) is 11.8 Å². The van der Waals surface area contributed by atoms with Gasteiger partial charge in [0.05, 0.1) is 11.2 Å². The van der Waals surface area contributed by atoms with Gasteiger partial charge < -0.3 is 4.90 Å². The SMILES string of the molecule is CC(=O)N1CC(Sc2nc(Cl)ncc2Cl)C1. The highest BCUT2D eigenvalue weighted by Crippen LogP contribution is 2.32. The van der Waals surface area contributed by atoms with Crippen LogP contribution in [0.1, 0.15) is 6.92 Å². The maximum absolute atomic E-state index is 11.0. The number of hydrogen-bond acceptors (Lipinski definition) is 4. The summed E-state index contributed by atoms with van der Waals surface area (Å²) in [6.45, 7) is 3.03. The predicted molar refractivity (Wildman–Crippen MR) is 64.0 cm³/mol. The van der Waals surface area contributed by atoms with Crippen molar-refractivity contribution in [2.75, 3.05) is 13.1 Å². The first-order valence-electron chi connectivity index (χ1n) is 4.66. The molecule has 1 aliphatic heterocycles. The van der Waals surface area contributed by atoms with E-state index in [4.69, 9.17) is 23.2 Å². The van der Waals surface area contributed by atoms with Crippen LogP contribution in [0.5, 0.6) is 0 Å². The fraction of sp³-hybridized carbons (Fsp3) is 0.444.